The summed E-state index contributed by atoms with van der Waals surface area (Å²) >= 11 is 6.90. The van der Waals surface area contributed by atoms with Crippen LogP contribution in [0, 0.1) is 0 Å². The maximum atomic E-state index is 6.01. The summed E-state index contributed by atoms with van der Waals surface area (Å²) in [5, 5.41) is 0. The van der Waals surface area contributed by atoms with E-state index in [1.165, 1.54) is 0 Å². The minimum atomic E-state index is 0.487. The Morgan fingerprint density at radius 3 is 2.56 bits per heavy atom. The predicted molar refractivity (Wildman–Crippen MR) is 80.9 cm³/mol. The van der Waals surface area contributed by atoms with Gasteiger partial charge in [-0.2, -0.15) is 0 Å². The van der Waals surface area contributed by atoms with E-state index in [4.69, 9.17) is 5.73 Å². The number of aromatic nitrogens is 2. The molecule has 0 aliphatic rings. The van der Waals surface area contributed by atoms with Crippen molar-refractivity contribution in [1.29, 1.82) is 0 Å². The Labute approximate surface area is 121 Å². The number of imidazole rings is 1. The summed E-state index contributed by atoms with van der Waals surface area (Å²) in [5.74, 6) is 0.487. The number of halogens is 2. The molecule has 3 rings (SSSR count). The molecular formula is C13H9Br2N3. The van der Waals surface area contributed by atoms with Crippen LogP contribution in [-0.2, 0) is 0 Å². The zero-order chi connectivity index (χ0) is 12.7. The molecule has 1 aromatic heterocycles. The average Bonchev–Trinajstić information content (AvgIpc) is 2.64. The SMILES string of the molecule is Nc1nc2cc(Br)ccc2n1-c1cccc(Br)c1. The predicted octanol–water partition coefficient (Wildman–Crippen LogP) is 4.13. The Balaban J connectivity index is 2.32. The summed E-state index contributed by atoms with van der Waals surface area (Å²) in [6.45, 7) is 0. The molecule has 3 aromatic rings. The first-order valence-corrected chi connectivity index (χ1v) is 6.93. The molecule has 1 heterocycles. The van der Waals surface area contributed by atoms with Gasteiger partial charge < -0.3 is 5.73 Å². The summed E-state index contributed by atoms with van der Waals surface area (Å²) in [5.41, 5.74) is 8.87. The van der Waals surface area contributed by atoms with E-state index in [-0.39, 0.29) is 0 Å². The van der Waals surface area contributed by atoms with Crippen molar-refractivity contribution >= 4 is 48.8 Å². The Bertz CT molecular complexity index is 734. The van der Waals surface area contributed by atoms with Crippen molar-refractivity contribution in [3.63, 3.8) is 0 Å². The van der Waals surface area contributed by atoms with Gasteiger partial charge in [-0.15, -0.1) is 0 Å². The zero-order valence-corrected chi connectivity index (χ0v) is 12.4. The minimum Gasteiger partial charge on any atom is -0.369 e. The smallest absolute Gasteiger partial charge is 0.205 e. The van der Waals surface area contributed by atoms with Crippen molar-refractivity contribution in [2.45, 2.75) is 0 Å². The first kappa shape index (κ1) is 11.7. The summed E-state index contributed by atoms with van der Waals surface area (Å²) in [7, 11) is 0. The Morgan fingerprint density at radius 1 is 1.00 bits per heavy atom. The Morgan fingerprint density at radius 2 is 1.78 bits per heavy atom. The molecule has 5 heteroatoms. The molecule has 0 amide bonds. The normalized spacial score (nSPS) is 11.0. The molecule has 2 aromatic carbocycles. The third-order valence-electron chi connectivity index (χ3n) is 2.71. The lowest BCUT2D eigenvalue weighted by molar-refractivity contribution is 1.11. The summed E-state index contributed by atoms with van der Waals surface area (Å²) < 4.78 is 3.94. The number of nitrogens with zero attached hydrogens (tertiary/aromatic N) is 2. The molecule has 0 bridgehead atoms. The summed E-state index contributed by atoms with van der Waals surface area (Å²) in [4.78, 5) is 4.38. The lowest BCUT2D eigenvalue weighted by Crippen LogP contribution is -2.00. The van der Waals surface area contributed by atoms with Crippen LogP contribution in [0.4, 0.5) is 5.95 Å². The second kappa shape index (κ2) is 4.40. The van der Waals surface area contributed by atoms with Gasteiger partial charge in [0, 0.05) is 8.95 Å². The van der Waals surface area contributed by atoms with Crippen LogP contribution in [0.5, 0.6) is 0 Å². The fourth-order valence-corrected chi connectivity index (χ4v) is 2.69. The highest BCUT2D eigenvalue weighted by molar-refractivity contribution is 9.10. The van der Waals surface area contributed by atoms with Crippen LogP contribution in [0.2, 0.25) is 0 Å². The first-order valence-electron chi connectivity index (χ1n) is 5.34. The van der Waals surface area contributed by atoms with Gasteiger partial charge in [0.15, 0.2) is 0 Å². The number of hydrogen-bond acceptors (Lipinski definition) is 2. The van der Waals surface area contributed by atoms with Gasteiger partial charge in [-0.1, -0.05) is 37.9 Å². The fourth-order valence-electron chi connectivity index (χ4n) is 1.96. The number of anilines is 1. The van der Waals surface area contributed by atoms with E-state index >= 15 is 0 Å². The number of rotatable bonds is 1. The van der Waals surface area contributed by atoms with Crippen LogP contribution < -0.4 is 5.73 Å². The number of benzene rings is 2. The third-order valence-corrected chi connectivity index (χ3v) is 3.70. The van der Waals surface area contributed by atoms with Gasteiger partial charge in [-0.25, -0.2) is 4.98 Å². The number of hydrogen-bond donors (Lipinski definition) is 1. The van der Waals surface area contributed by atoms with E-state index in [0.29, 0.717) is 5.95 Å². The second-order valence-electron chi connectivity index (χ2n) is 3.92. The summed E-state index contributed by atoms with van der Waals surface area (Å²) in [6, 6.07) is 13.9. The molecule has 90 valence electrons. The summed E-state index contributed by atoms with van der Waals surface area (Å²) in [6.07, 6.45) is 0. The van der Waals surface area contributed by atoms with E-state index in [2.05, 4.69) is 36.8 Å². The van der Waals surface area contributed by atoms with Crippen LogP contribution in [0.1, 0.15) is 0 Å². The Hall–Kier alpha value is -1.33. The second-order valence-corrected chi connectivity index (χ2v) is 5.75. The molecule has 0 atom stereocenters. The van der Waals surface area contributed by atoms with Crippen LogP contribution in [0.3, 0.4) is 0 Å². The van der Waals surface area contributed by atoms with Crippen LogP contribution >= 0.6 is 31.9 Å². The van der Waals surface area contributed by atoms with Gasteiger partial charge >= 0.3 is 0 Å². The molecule has 2 N–H and O–H groups in total. The van der Waals surface area contributed by atoms with Crippen molar-refractivity contribution in [2.24, 2.45) is 0 Å². The maximum Gasteiger partial charge on any atom is 0.205 e. The van der Waals surface area contributed by atoms with E-state index in [1.807, 2.05) is 47.0 Å². The van der Waals surface area contributed by atoms with Crippen LogP contribution in [-0.4, -0.2) is 9.55 Å². The molecule has 0 aliphatic carbocycles. The molecule has 0 radical (unpaired) electrons. The third kappa shape index (κ3) is 1.93. The number of fused-ring (bicyclic) bond motifs is 1. The quantitative estimate of drug-likeness (QED) is 0.703. The highest BCUT2D eigenvalue weighted by atomic mass is 79.9. The molecule has 0 fully saturated rings. The van der Waals surface area contributed by atoms with Crippen molar-refractivity contribution in [1.82, 2.24) is 9.55 Å². The zero-order valence-electron chi connectivity index (χ0n) is 9.27. The van der Waals surface area contributed by atoms with Crippen molar-refractivity contribution in [2.75, 3.05) is 5.73 Å². The van der Waals surface area contributed by atoms with Gasteiger partial charge in [0.2, 0.25) is 5.95 Å². The first-order chi connectivity index (χ1) is 8.65. The van der Waals surface area contributed by atoms with Crippen molar-refractivity contribution < 1.29 is 0 Å². The van der Waals surface area contributed by atoms with Gasteiger partial charge in [-0.3, -0.25) is 4.57 Å². The van der Waals surface area contributed by atoms with Gasteiger partial charge in [0.1, 0.15) is 0 Å². The van der Waals surface area contributed by atoms with Crippen molar-refractivity contribution in [3.05, 3.63) is 51.4 Å². The van der Waals surface area contributed by atoms with Gasteiger partial charge in [0.25, 0.3) is 0 Å². The maximum absolute atomic E-state index is 6.01. The van der Waals surface area contributed by atoms with E-state index in [1.54, 1.807) is 0 Å². The molecule has 0 aliphatic heterocycles. The van der Waals surface area contributed by atoms with Crippen molar-refractivity contribution in [3.8, 4) is 5.69 Å². The van der Waals surface area contributed by atoms with Gasteiger partial charge in [0.05, 0.1) is 16.7 Å². The number of nitrogens with two attached hydrogens (primary N) is 1. The minimum absolute atomic E-state index is 0.487. The lowest BCUT2D eigenvalue weighted by Gasteiger charge is -2.06. The molecule has 0 spiro atoms. The van der Waals surface area contributed by atoms with E-state index in [0.717, 1.165) is 25.7 Å². The lowest BCUT2D eigenvalue weighted by atomic mass is 10.3. The van der Waals surface area contributed by atoms with E-state index < -0.39 is 0 Å². The van der Waals surface area contributed by atoms with Gasteiger partial charge in [-0.05, 0) is 36.4 Å². The highest BCUT2D eigenvalue weighted by Gasteiger charge is 2.10. The average molecular weight is 367 g/mol. The highest BCUT2D eigenvalue weighted by Crippen LogP contribution is 2.26. The molecule has 0 saturated carbocycles. The van der Waals surface area contributed by atoms with E-state index in [9.17, 15) is 0 Å². The Kier molecular flexibility index (Phi) is 2.87. The standard InChI is InChI=1S/C13H9Br2N3/c14-8-2-1-3-10(6-8)18-12-5-4-9(15)7-11(12)17-13(18)16/h1-7H,(H2,16,17). The molecular weight excluding hydrogens is 358 g/mol. The van der Waals surface area contributed by atoms with Crippen LogP contribution in [0.25, 0.3) is 16.7 Å². The molecule has 0 saturated heterocycles. The molecule has 18 heavy (non-hydrogen) atoms. The van der Waals surface area contributed by atoms with Crippen LogP contribution in [0.15, 0.2) is 51.4 Å². The topological polar surface area (TPSA) is 43.8 Å². The molecule has 0 unspecified atom stereocenters. The monoisotopic (exact) mass is 365 g/mol. The largest absolute Gasteiger partial charge is 0.369 e. The fraction of sp³-hybridized carbons (Fsp3) is 0. The number of nitrogen functional groups attached to an aromatic ring is 1. The molecule has 3 nitrogen and oxygen atoms in total.